The summed E-state index contributed by atoms with van der Waals surface area (Å²) in [6.45, 7) is 4.70. The van der Waals surface area contributed by atoms with E-state index in [9.17, 15) is 4.79 Å². The average Bonchev–Trinajstić information content (AvgIpc) is 2.27. The molecule has 1 aromatic rings. The SMILES string of the molecule is CC(C)C(=O)c1cc2c(cc1Cl)OCCO2. The monoisotopic (exact) mass is 240 g/mol. The van der Waals surface area contributed by atoms with E-state index in [0.717, 1.165) is 0 Å². The molecular weight excluding hydrogens is 228 g/mol. The smallest absolute Gasteiger partial charge is 0.167 e. The van der Waals surface area contributed by atoms with Crippen molar-refractivity contribution in [2.24, 2.45) is 5.92 Å². The van der Waals surface area contributed by atoms with Crippen molar-refractivity contribution in [3.63, 3.8) is 0 Å². The Bertz CT molecular complexity index is 427. The molecule has 0 saturated heterocycles. The second-order valence-corrected chi connectivity index (χ2v) is 4.40. The van der Waals surface area contributed by atoms with Gasteiger partial charge in [0.25, 0.3) is 0 Å². The number of halogens is 1. The van der Waals surface area contributed by atoms with Gasteiger partial charge in [0.05, 0.1) is 5.02 Å². The second-order valence-electron chi connectivity index (χ2n) is 3.99. The lowest BCUT2D eigenvalue weighted by atomic mass is 10.0. The van der Waals surface area contributed by atoms with Gasteiger partial charge in [-0.1, -0.05) is 25.4 Å². The number of fused-ring (bicyclic) bond motifs is 1. The first-order valence-electron chi connectivity index (χ1n) is 5.23. The van der Waals surface area contributed by atoms with Gasteiger partial charge in [0.2, 0.25) is 0 Å². The highest BCUT2D eigenvalue weighted by atomic mass is 35.5. The van der Waals surface area contributed by atoms with Crippen LogP contribution in [0.2, 0.25) is 5.02 Å². The Hall–Kier alpha value is -1.22. The summed E-state index contributed by atoms with van der Waals surface area (Å²) in [5.74, 6) is 1.14. The van der Waals surface area contributed by atoms with Crippen molar-refractivity contribution < 1.29 is 14.3 Å². The summed E-state index contributed by atoms with van der Waals surface area (Å²) >= 11 is 6.04. The number of carbonyl (C=O) groups excluding carboxylic acids is 1. The topological polar surface area (TPSA) is 35.5 Å². The Balaban J connectivity index is 2.43. The van der Waals surface area contributed by atoms with Crippen LogP contribution in [0.5, 0.6) is 11.5 Å². The van der Waals surface area contributed by atoms with Gasteiger partial charge in [-0.3, -0.25) is 4.79 Å². The molecular formula is C12H13ClO3. The van der Waals surface area contributed by atoms with Crippen molar-refractivity contribution in [3.8, 4) is 11.5 Å². The van der Waals surface area contributed by atoms with Crippen LogP contribution in [-0.2, 0) is 0 Å². The number of ether oxygens (including phenoxy) is 2. The van der Waals surface area contributed by atoms with Crippen LogP contribution in [0.3, 0.4) is 0 Å². The Labute approximate surface area is 99.3 Å². The zero-order valence-electron chi connectivity index (χ0n) is 9.25. The first kappa shape index (κ1) is 11.3. The van der Waals surface area contributed by atoms with Gasteiger partial charge in [-0.05, 0) is 6.07 Å². The number of rotatable bonds is 2. The standard InChI is InChI=1S/C12H13ClO3/c1-7(2)12(14)8-5-10-11(6-9(8)13)16-4-3-15-10/h5-7H,3-4H2,1-2H3. The van der Waals surface area contributed by atoms with Crippen LogP contribution in [-0.4, -0.2) is 19.0 Å². The minimum absolute atomic E-state index is 0.0157. The third kappa shape index (κ3) is 2.00. The van der Waals surface area contributed by atoms with Gasteiger partial charge in [0, 0.05) is 17.5 Å². The van der Waals surface area contributed by atoms with Crippen molar-refractivity contribution in [3.05, 3.63) is 22.7 Å². The second kappa shape index (κ2) is 4.34. The Morgan fingerprint density at radius 1 is 1.25 bits per heavy atom. The van der Waals surface area contributed by atoms with Gasteiger partial charge in [0.1, 0.15) is 13.2 Å². The third-order valence-electron chi connectivity index (χ3n) is 2.42. The maximum absolute atomic E-state index is 11.9. The molecule has 16 heavy (non-hydrogen) atoms. The van der Waals surface area contributed by atoms with Crippen molar-refractivity contribution in [2.75, 3.05) is 13.2 Å². The molecule has 1 aromatic carbocycles. The number of hydrogen-bond donors (Lipinski definition) is 0. The molecule has 0 unspecified atom stereocenters. The van der Waals surface area contributed by atoms with E-state index in [-0.39, 0.29) is 11.7 Å². The fraction of sp³-hybridized carbons (Fsp3) is 0.417. The quantitative estimate of drug-likeness (QED) is 0.746. The Morgan fingerprint density at radius 2 is 1.81 bits per heavy atom. The largest absolute Gasteiger partial charge is 0.486 e. The molecule has 0 bridgehead atoms. The number of Topliss-reactive ketones (excluding diaryl/α,β-unsaturated/α-hetero) is 1. The van der Waals surface area contributed by atoms with E-state index < -0.39 is 0 Å². The minimum atomic E-state index is -0.0833. The van der Waals surface area contributed by atoms with Crippen molar-refractivity contribution >= 4 is 17.4 Å². The summed E-state index contributed by atoms with van der Waals surface area (Å²) < 4.78 is 10.8. The molecule has 0 amide bonds. The van der Waals surface area contributed by atoms with Crippen LogP contribution < -0.4 is 9.47 Å². The van der Waals surface area contributed by atoms with E-state index in [1.54, 1.807) is 12.1 Å². The van der Waals surface area contributed by atoms with Crippen LogP contribution in [0.15, 0.2) is 12.1 Å². The predicted octanol–water partition coefficient (Wildman–Crippen LogP) is 2.95. The molecule has 0 atom stereocenters. The molecule has 0 spiro atoms. The lowest BCUT2D eigenvalue weighted by Crippen LogP contribution is -2.16. The lowest BCUT2D eigenvalue weighted by Gasteiger charge is -2.19. The molecule has 4 heteroatoms. The molecule has 0 saturated carbocycles. The fourth-order valence-corrected chi connectivity index (χ4v) is 1.81. The molecule has 0 N–H and O–H groups in total. The van der Waals surface area contributed by atoms with E-state index in [1.165, 1.54) is 0 Å². The number of ketones is 1. The van der Waals surface area contributed by atoms with Crippen LogP contribution in [0.4, 0.5) is 0 Å². The summed E-state index contributed by atoms with van der Waals surface area (Å²) in [6, 6.07) is 3.31. The summed E-state index contributed by atoms with van der Waals surface area (Å²) in [7, 11) is 0. The average molecular weight is 241 g/mol. The highest BCUT2D eigenvalue weighted by Crippen LogP contribution is 2.36. The zero-order valence-corrected chi connectivity index (χ0v) is 10.0. The van der Waals surface area contributed by atoms with Crippen LogP contribution in [0.25, 0.3) is 0 Å². The van der Waals surface area contributed by atoms with Gasteiger partial charge < -0.3 is 9.47 Å². The maximum atomic E-state index is 11.9. The van der Waals surface area contributed by atoms with E-state index in [4.69, 9.17) is 21.1 Å². The molecule has 3 nitrogen and oxygen atoms in total. The Morgan fingerprint density at radius 3 is 2.38 bits per heavy atom. The van der Waals surface area contributed by atoms with E-state index in [2.05, 4.69) is 0 Å². The van der Waals surface area contributed by atoms with E-state index >= 15 is 0 Å². The summed E-state index contributed by atoms with van der Waals surface area (Å²) in [6.07, 6.45) is 0. The van der Waals surface area contributed by atoms with Crippen molar-refractivity contribution in [1.82, 2.24) is 0 Å². The van der Waals surface area contributed by atoms with E-state index in [0.29, 0.717) is 35.3 Å². The fourth-order valence-electron chi connectivity index (χ4n) is 1.56. The van der Waals surface area contributed by atoms with Crippen LogP contribution in [0.1, 0.15) is 24.2 Å². The van der Waals surface area contributed by atoms with Gasteiger partial charge in [0.15, 0.2) is 17.3 Å². The van der Waals surface area contributed by atoms with Crippen LogP contribution >= 0.6 is 11.6 Å². The maximum Gasteiger partial charge on any atom is 0.167 e. The normalized spacial score (nSPS) is 14.0. The van der Waals surface area contributed by atoms with Gasteiger partial charge >= 0.3 is 0 Å². The molecule has 2 rings (SSSR count). The van der Waals surface area contributed by atoms with Crippen LogP contribution in [0, 0.1) is 5.92 Å². The van der Waals surface area contributed by atoms with Gasteiger partial charge in [-0.2, -0.15) is 0 Å². The summed E-state index contributed by atoms with van der Waals surface area (Å²) in [5, 5.41) is 0.419. The minimum Gasteiger partial charge on any atom is -0.486 e. The molecule has 0 fully saturated rings. The van der Waals surface area contributed by atoms with Gasteiger partial charge in [-0.25, -0.2) is 0 Å². The first-order chi connectivity index (χ1) is 7.59. The van der Waals surface area contributed by atoms with Crippen molar-refractivity contribution in [2.45, 2.75) is 13.8 Å². The molecule has 86 valence electrons. The summed E-state index contributed by atoms with van der Waals surface area (Å²) in [4.78, 5) is 11.9. The number of benzene rings is 1. The molecule has 0 aromatic heterocycles. The molecule has 1 heterocycles. The van der Waals surface area contributed by atoms with E-state index in [1.807, 2.05) is 13.8 Å². The number of carbonyl (C=O) groups is 1. The van der Waals surface area contributed by atoms with Gasteiger partial charge in [-0.15, -0.1) is 0 Å². The third-order valence-corrected chi connectivity index (χ3v) is 2.73. The first-order valence-corrected chi connectivity index (χ1v) is 5.60. The number of hydrogen-bond acceptors (Lipinski definition) is 3. The molecule has 1 aliphatic rings. The molecule has 1 aliphatic heterocycles. The van der Waals surface area contributed by atoms with Crippen molar-refractivity contribution in [1.29, 1.82) is 0 Å². The Kier molecular flexibility index (Phi) is 3.06. The summed E-state index contributed by atoms with van der Waals surface area (Å²) in [5.41, 5.74) is 0.501. The highest BCUT2D eigenvalue weighted by molar-refractivity contribution is 6.34. The highest BCUT2D eigenvalue weighted by Gasteiger charge is 2.20. The predicted molar refractivity (Wildman–Crippen MR) is 61.6 cm³/mol. The molecule has 0 radical (unpaired) electrons. The molecule has 0 aliphatic carbocycles. The zero-order chi connectivity index (χ0) is 11.7. The lowest BCUT2D eigenvalue weighted by molar-refractivity contribution is 0.0938.